The maximum atomic E-state index is 13.1. The second kappa shape index (κ2) is 8.63. The minimum atomic E-state index is -0.308. The van der Waals surface area contributed by atoms with Crippen LogP contribution in [-0.2, 0) is 6.54 Å². The second-order valence-corrected chi connectivity index (χ2v) is 8.68. The molecule has 152 valence electrons. The first kappa shape index (κ1) is 20.0. The van der Waals surface area contributed by atoms with E-state index in [2.05, 4.69) is 26.0 Å². The minimum Gasteiger partial charge on any atom is -0.411 e. The lowest BCUT2D eigenvalue weighted by atomic mass is 9.95. The Morgan fingerprint density at radius 3 is 2.59 bits per heavy atom. The van der Waals surface area contributed by atoms with Gasteiger partial charge in [0.25, 0.3) is 5.91 Å². The lowest BCUT2D eigenvalue weighted by molar-refractivity contribution is 0.0719. The molecular formula is C22H23BrFN3O2. The maximum Gasteiger partial charge on any atom is 0.254 e. The number of piperidine rings is 1. The Bertz CT molecular complexity index is 924. The molecule has 2 aliphatic rings. The van der Waals surface area contributed by atoms with Gasteiger partial charge >= 0.3 is 0 Å². The van der Waals surface area contributed by atoms with Gasteiger partial charge in [-0.2, -0.15) is 0 Å². The zero-order valence-corrected chi connectivity index (χ0v) is 17.6. The molecule has 0 radical (unpaired) electrons. The molecule has 2 heterocycles. The number of carbonyl (C=O) groups is 1. The maximum absolute atomic E-state index is 13.1. The van der Waals surface area contributed by atoms with Crippen LogP contribution < -0.4 is 0 Å². The summed E-state index contributed by atoms with van der Waals surface area (Å²) in [4.78, 5) is 16.8. The highest BCUT2D eigenvalue weighted by Gasteiger charge is 2.30. The molecule has 2 aliphatic heterocycles. The van der Waals surface area contributed by atoms with Crippen molar-refractivity contribution in [2.75, 3.05) is 26.2 Å². The molecule has 0 aliphatic carbocycles. The van der Waals surface area contributed by atoms with Crippen molar-refractivity contribution in [1.29, 1.82) is 0 Å². The van der Waals surface area contributed by atoms with Gasteiger partial charge in [-0.3, -0.25) is 9.69 Å². The van der Waals surface area contributed by atoms with Crippen molar-refractivity contribution in [3.8, 4) is 0 Å². The SMILES string of the molecule is O=C1c2ccc(Br)cc2CN1CC1CCN(CC(=NO)c2ccc(F)cc2)CC1. The van der Waals surface area contributed by atoms with E-state index in [0.717, 1.165) is 53.6 Å². The number of likely N-dealkylation sites (tertiary alicyclic amines) is 1. The van der Waals surface area contributed by atoms with Crippen molar-refractivity contribution in [1.82, 2.24) is 9.80 Å². The molecule has 0 spiro atoms. The first-order valence-corrected chi connectivity index (χ1v) is 10.6. The van der Waals surface area contributed by atoms with E-state index in [1.54, 1.807) is 12.1 Å². The number of hydrogen-bond donors (Lipinski definition) is 1. The quantitative estimate of drug-likeness (QED) is 0.415. The number of benzene rings is 2. The fourth-order valence-electron chi connectivity index (χ4n) is 4.17. The van der Waals surface area contributed by atoms with Crippen LogP contribution in [0.25, 0.3) is 0 Å². The van der Waals surface area contributed by atoms with Crippen LogP contribution >= 0.6 is 15.9 Å². The molecule has 0 unspecified atom stereocenters. The summed E-state index contributed by atoms with van der Waals surface area (Å²) in [6.45, 7) is 3.74. The minimum absolute atomic E-state index is 0.126. The number of amides is 1. The number of halogens is 2. The first-order chi connectivity index (χ1) is 14.0. The number of hydrogen-bond acceptors (Lipinski definition) is 4. The third kappa shape index (κ3) is 4.51. The summed E-state index contributed by atoms with van der Waals surface area (Å²) in [5.41, 5.74) is 3.17. The van der Waals surface area contributed by atoms with Gasteiger partial charge in [-0.1, -0.05) is 33.2 Å². The molecule has 4 rings (SSSR count). The topological polar surface area (TPSA) is 56.1 Å². The Kier molecular flexibility index (Phi) is 5.96. The summed E-state index contributed by atoms with van der Waals surface area (Å²) in [7, 11) is 0. The summed E-state index contributed by atoms with van der Waals surface area (Å²) >= 11 is 3.47. The van der Waals surface area contributed by atoms with E-state index in [-0.39, 0.29) is 11.7 Å². The predicted octanol–water partition coefficient (Wildman–Crippen LogP) is 4.13. The van der Waals surface area contributed by atoms with E-state index in [1.165, 1.54) is 12.1 Å². The highest BCUT2D eigenvalue weighted by molar-refractivity contribution is 9.10. The largest absolute Gasteiger partial charge is 0.411 e. The van der Waals surface area contributed by atoms with Gasteiger partial charge in [0.15, 0.2) is 0 Å². The third-order valence-corrected chi connectivity index (χ3v) is 6.30. The number of rotatable bonds is 5. The molecule has 0 bridgehead atoms. The third-order valence-electron chi connectivity index (χ3n) is 5.80. The van der Waals surface area contributed by atoms with Gasteiger partial charge in [-0.25, -0.2) is 4.39 Å². The number of fused-ring (bicyclic) bond motifs is 1. The van der Waals surface area contributed by atoms with Crippen molar-refractivity contribution >= 4 is 27.5 Å². The predicted molar refractivity (Wildman–Crippen MR) is 113 cm³/mol. The van der Waals surface area contributed by atoms with E-state index in [9.17, 15) is 14.4 Å². The normalized spacial score (nSPS) is 18.3. The van der Waals surface area contributed by atoms with Crippen molar-refractivity contribution in [2.24, 2.45) is 11.1 Å². The molecule has 5 nitrogen and oxygen atoms in total. The highest BCUT2D eigenvalue weighted by Crippen LogP contribution is 2.28. The highest BCUT2D eigenvalue weighted by atomic mass is 79.9. The van der Waals surface area contributed by atoms with E-state index < -0.39 is 0 Å². The van der Waals surface area contributed by atoms with Gasteiger partial charge in [0.1, 0.15) is 11.5 Å². The van der Waals surface area contributed by atoms with E-state index in [4.69, 9.17) is 0 Å². The van der Waals surface area contributed by atoms with Gasteiger partial charge in [0.2, 0.25) is 0 Å². The molecule has 29 heavy (non-hydrogen) atoms. The molecule has 2 aromatic rings. The Morgan fingerprint density at radius 1 is 1.17 bits per heavy atom. The molecule has 0 atom stereocenters. The zero-order chi connectivity index (χ0) is 20.4. The van der Waals surface area contributed by atoms with E-state index >= 15 is 0 Å². The molecule has 1 amide bonds. The molecule has 1 saturated heterocycles. The average molecular weight is 460 g/mol. The summed E-state index contributed by atoms with van der Waals surface area (Å²) in [6.07, 6.45) is 1.98. The van der Waals surface area contributed by atoms with Crippen molar-refractivity contribution < 1.29 is 14.4 Å². The fourth-order valence-corrected chi connectivity index (χ4v) is 4.58. The van der Waals surface area contributed by atoms with Crippen LogP contribution in [0.3, 0.4) is 0 Å². The summed E-state index contributed by atoms with van der Waals surface area (Å²) in [5.74, 6) is 0.284. The monoisotopic (exact) mass is 459 g/mol. The Morgan fingerprint density at radius 2 is 1.90 bits per heavy atom. The first-order valence-electron chi connectivity index (χ1n) is 9.80. The van der Waals surface area contributed by atoms with Gasteiger partial charge in [-0.15, -0.1) is 0 Å². The summed E-state index contributed by atoms with van der Waals surface area (Å²) < 4.78 is 14.1. The van der Waals surface area contributed by atoms with Crippen LogP contribution in [0.4, 0.5) is 4.39 Å². The summed E-state index contributed by atoms with van der Waals surface area (Å²) in [6, 6.07) is 11.8. The van der Waals surface area contributed by atoms with Crippen molar-refractivity contribution in [2.45, 2.75) is 19.4 Å². The molecule has 0 saturated carbocycles. The van der Waals surface area contributed by atoms with Crippen molar-refractivity contribution in [3.05, 3.63) is 69.4 Å². The smallest absolute Gasteiger partial charge is 0.254 e. The zero-order valence-electron chi connectivity index (χ0n) is 16.0. The summed E-state index contributed by atoms with van der Waals surface area (Å²) in [5, 5.41) is 12.8. The van der Waals surface area contributed by atoms with E-state index in [0.29, 0.717) is 24.7 Å². The standard InChI is InChI=1S/C22H23BrFN3O2/c23-18-3-6-20-17(11-18)13-27(22(20)28)12-15-7-9-26(10-8-15)14-21(25-29)16-1-4-19(24)5-2-16/h1-6,11,15,29H,7-10,12-14H2. The van der Waals surface area contributed by atoms with Crippen LogP contribution in [-0.4, -0.2) is 52.8 Å². The van der Waals surface area contributed by atoms with Gasteiger partial charge < -0.3 is 10.1 Å². The van der Waals surface area contributed by atoms with Crippen LogP contribution in [0.5, 0.6) is 0 Å². The average Bonchev–Trinajstić information content (AvgIpc) is 3.02. The molecule has 0 aromatic heterocycles. The lowest BCUT2D eigenvalue weighted by Gasteiger charge is -2.33. The van der Waals surface area contributed by atoms with Gasteiger partial charge in [0, 0.05) is 35.2 Å². The van der Waals surface area contributed by atoms with Crippen LogP contribution in [0, 0.1) is 11.7 Å². The van der Waals surface area contributed by atoms with Crippen LogP contribution in [0.2, 0.25) is 0 Å². The van der Waals surface area contributed by atoms with Crippen molar-refractivity contribution in [3.63, 3.8) is 0 Å². The van der Waals surface area contributed by atoms with Crippen LogP contribution in [0.1, 0.15) is 34.3 Å². The molecule has 2 aromatic carbocycles. The van der Waals surface area contributed by atoms with Crippen LogP contribution in [0.15, 0.2) is 52.1 Å². The second-order valence-electron chi connectivity index (χ2n) is 7.76. The molecular weight excluding hydrogens is 437 g/mol. The van der Waals surface area contributed by atoms with E-state index in [1.807, 2.05) is 23.1 Å². The Labute approximate surface area is 177 Å². The Balaban J connectivity index is 1.30. The molecule has 7 heteroatoms. The van der Waals surface area contributed by atoms with Gasteiger partial charge in [-0.05, 0) is 67.7 Å². The van der Waals surface area contributed by atoms with Gasteiger partial charge in [0.05, 0.1) is 0 Å². The fraction of sp³-hybridized carbons (Fsp3) is 0.364. The number of oxime groups is 1. The molecule has 1 fully saturated rings. The number of carbonyl (C=O) groups excluding carboxylic acids is 1. The molecule has 1 N–H and O–H groups in total. The number of nitrogens with zero attached hydrogens (tertiary/aromatic N) is 3. The Hall–Kier alpha value is -2.25. The lowest BCUT2D eigenvalue weighted by Crippen LogP contribution is -2.41.